The Morgan fingerprint density at radius 3 is 1.94 bits per heavy atom. The quantitative estimate of drug-likeness (QED) is 0.472. The minimum atomic E-state index is -4.99. The molecule has 0 aromatic carbocycles. The van der Waals surface area contributed by atoms with E-state index in [9.17, 15) is 25.9 Å². The Kier molecular flexibility index (Phi) is 7.30. The van der Waals surface area contributed by atoms with Crippen LogP contribution in [0.25, 0.3) is 0 Å². The molecule has 0 saturated carbocycles. The van der Waals surface area contributed by atoms with Crippen molar-refractivity contribution in [1.29, 1.82) is 0 Å². The monoisotopic (exact) mass is 302 g/mol. The first-order valence-corrected chi connectivity index (χ1v) is 8.60. The molecule has 0 bridgehead atoms. The highest BCUT2D eigenvalue weighted by molar-refractivity contribution is 7.87. The number of rotatable bonds is 9. The predicted octanol–water partition coefficient (Wildman–Crippen LogP) is 0.124. The predicted molar refractivity (Wildman–Crippen MR) is 62.6 cm³/mol. The Balaban J connectivity index is 4.53. The Labute approximate surface area is 108 Å². The van der Waals surface area contributed by atoms with Crippen molar-refractivity contribution < 1.29 is 31.0 Å². The summed E-state index contributed by atoms with van der Waals surface area (Å²) in [6.07, 6.45) is 2.04. The second-order valence-corrected chi connectivity index (χ2v) is 7.33. The third-order valence-electron chi connectivity index (χ3n) is 2.59. The zero-order chi connectivity index (χ0) is 14.4. The third-order valence-corrected chi connectivity index (χ3v) is 4.69. The van der Waals surface area contributed by atoms with Crippen LogP contribution in [0.2, 0.25) is 0 Å². The van der Waals surface area contributed by atoms with Crippen LogP contribution in [0.3, 0.4) is 0 Å². The van der Waals surface area contributed by atoms with Crippen molar-refractivity contribution in [3.63, 3.8) is 0 Å². The fourth-order valence-electron chi connectivity index (χ4n) is 1.52. The minimum Gasteiger partial charge on any atom is -0.748 e. The van der Waals surface area contributed by atoms with E-state index in [2.05, 4.69) is 0 Å². The summed E-state index contributed by atoms with van der Waals surface area (Å²) in [5.41, 5.74) is -2.35. The summed E-state index contributed by atoms with van der Waals surface area (Å²) < 4.78 is 64.1. The van der Waals surface area contributed by atoms with Crippen LogP contribution in [-0.2, 0) is 20.2 Å². The molecule has 2 unspecified atom stereocenters. The van der Waals surface area contributed by atoms with Gasteiger partial charge in [0, 0.05) is 6.42 Å². The van der Waals surface area contributed by atoms with Gasteiger partial charge in [-0.3, -0.25) is 0 Å². The molecule has 0 aliphatic carbocycles. The summed E-state index contributed by atoms with van der Waals surface area (Å²) >= 11 is 0. The molecule has 0 saturated heterocycles. The van der Waals surface area contributed by atoms with Gasteiger partial charge in [-0.25, -0.2) is 16.8 Å². The van der Waals surface area contributed by atoms with Gasteiger partial charge in [-0.05, 0) is 6.42 Å². The molecule has 0 aromatic heterocycles. The van der Waals surface area contributed by atoms with Crippen molar-refractivity contribution >= 4 is 20.2 Å². The van der Waals surface area contributed by atoms with Gasteiger partial charge in [0.2, 0.25) is 0 Å². The second-order valence-electron chi connectivity index (χ2n) is 4.15. The molecule has 0 aliphatic rings. The molecular weight excluding hydrogens is 284 g/mol. The molecule has 9 heteroatoms. The SMILES string of the molecule is CCCCCCC(CC(O)S(=O)(=O)[O-])S(=O)(=O)[O-]. The van der Waals surface area contributed by atoms with Gasteiger partial charge in [-0.1, -0.05) is 32.6 Å². The van der Waals surface area contributed by atoms with Crippen LogP contribution in [0.5, 0.6) is 0 Å². The number of unbranched alkanes of at least 4 members (excludes halogenated alkanes) is 3. The van der Waals surface area contributed by atoms with E-state index in [4.69, 9.17) is 5.11 Å². The lowest BCUT2D eigenvalue weighted by Gasteiger charge is -2.24. The topological polar surface area (TPSA) is 135 Å². The van der Waals surface area contributed by atoms with Crippen LogP contribution >= 0.6 is 0 Å². The van der Waals surface area contributed by atoms with Crippen LogP contribution in [0, 0.1) is 0 Å². The van der Waals surface area contributed by atoms with Crippen molar-refractivity contribution in [2.24, 2.45) is 0 Å². The highest BCUT2D eigenvalue weighted by atomic mass is 32.2. The fourth-order valence-corrected chi connectivity index (χ4v) is 2.98. The maximum absolute atomic E-state index is 10.9. The van der Waals surface area contributed by atoms with Crippen LogP contribution in [0.15, 0.2) is 0 Å². The van der Waals surface area contributed by atoms with E-state index in [1.54, 1.807) is 0 Å². The van der Waals surface area contributed by atoms with Gasteiger partial charge in [-0.2, -0.15) is 0 Å². The van der Waals surface area contributed by atoms with Crippen LogP contribution in [-0.4, -0.2) is 41.7 Å². The van der Waals surface area contributed by atoms with E-state index in [-0.39, 0.29) is 6.42 Å². The van der Waals surface area contributed by atoms with E-state index >= 15 is 0 Å². The largest absolute Gasteiger partial charge is 0.748 e. The molecule has 0 aromatic rings. The number of aliphatic hydroxyl groups is 1. The highest BCUT2D eigenvalue weighted by Crippen LogP contribution is 2.18. The minimum absolute atomic E-state index is 0.0432. The highest BCUT2D eigenvalue weighted by Gasteiger charge is 2.23. The first kappa shape index (κ1) is 17.8. The molecule has 2 atom stereocenters. The summed E-state index contributed by atoms with van der Waals surface area (Å²) in [6.45, 7) is 1.95. The molecule has 18 heavy (non-hydrogen) atoms. The van der Waals surface area contributed by atoms with Gasteiger partial charge in [0.1, 0.15) is 15.6 Å². The normalized spacial score (nSPS) is 16.4. The molecule has 1 N–H and O–H groups in total. The second kappa shape index (κ2) is 7.39. The lowest BCUT2D eigenvalue weighted by Crippen LogP contribution is -2.30. The van der Waals surface area contributed by atoms with Gasteiger partial charge >= 0.3 is 0 Å². The summed E-state index contributed by atoms with van der Waals surface area (Å²) in [7, 11) is -9.71. The molecule has 0 rings (SSSR count). The summed E-state index contributed by atoms with van der Waals surface area (Å²) in [5.74, 6) is 0. The number of aliphatic hydroxyl groups excluding tert-OH is 1. The Morgan fingerprint density at radius 2 is 1.56 bits per heavy atom. The third kappa shape index (κ3) is 7.27. The van der Waals surface area contributed by atoms with E-state index < -0.39 is 37.3 Å². The molecule has 110 valence electrons. The van der Waals surface area contributed by atoms with Crippen molar-refractivity contribution in [1.82, 2.24) is 0 Å². The maximum atomic E-state index is 10.9. The van der Waals surface area contributed by atoms with Crippen molar-refractivity contribution in [2.45, 2.75) is 56.1 Å². The molecule has 0 heterocycles. The fraction of sp³-hybridized carbons (Fsp3) is 1.00. The van der Waals surface area contributed by atoms with E-state index in [1.165, 1.54) is 0 Å². The number of hydrogen-bond acceptors (Lipinski definition) is 7. The average molecular weight is 302 g/mol. The lowest BCUT2D eigenvalue weighted by molar-refractivity contribution is 0.215. The Hall–Kier alpha value is -0.220. The zero-order valence-corrected chi connectivity index (χ0v) is 11.7. The van der Waals surface area contributed by atoms with Crippen LogP contribution < -0.4 is 0 Å². The smallest absolute Gasteiger partial charge is 0.144 e. The van der Waals surface area contributed by atoms with Gasteiger partial charge < -0.3 is 14.2 Å². The standard InChI is InChI=1S/C9H20O7S2/c1-2-3-4-5-6-8(17(11,12)13)7-9(10)18(14,15)16/h8-10H,2-7H2,1H3,(H,11,12,13)(H,14,15,16)/p-2. The lowest BCUT2D eigenvalue weighted by atomic mass is 10.1. The molecule has 0 fully saturated rings. The molecule has 0 radical (unpaired) electrons. The Morgan fingerprint density at radius 1 is 1.00 bits per heavy atom. The van der Waals surface area contributed by atoms with Crippen LogP contribution in [0.4, 0.5) is 0 Å². The Bertz CT molecular complexity index is 426. The molecule has 0 spiro atoms. The maximum Gasteiger partial charge on any atom is 0.144 e. The number of hydrogen-bond donors (Lipinski definition) is 1. The zero-order valence-electron chi connectivity index (χ0n) is 10.1. The van der Waals surface area contributed by atoms with Crippen molar-refractivity contribution in [3.05, 3.63) is 0 Å². The van der Waals surface area contributed by atoms with Crippen LogP contribution in [0.1, 0.15) is 45.4 Å². The van der Waals surface area contributed by atoms with E-state index in [0.717, 1.165) is 12.8 Å². The molecule has 7 nitrogen and oxygen atoms in total. The first-order valence-electron chi connectivity index (χ1n) is 5.66. The van der Waals surface area contributed by atoms with Gasteiger partial charge in [0.15, 0.2) is 0 Å². The first-order chi connectivity index (χ1) is 8.09. The van der Waals surface area contributed by atoms with Gasteiger partial charge in [0.05, 0.1) is 15.4 Å². The summed E-state index contributed by atoms with van der Waals surface area (Å²) in [5, 5.41) is 7.48. The summed E-state index contributed by atoms with van der Waals surface area (Å²) in [6, 6.07) is 0. The van der Waals surface area contributed by atoms with Crippen molar-refractivity contribution in [2.75, 3.05) is 0 Å². The van der Waals surface area contributed by atoms with Gasteiger partial charge in [-0.15, -0.1) is 0 Å². The molecule has 0 aliphatic heterocycles. The molecule has 0 amide bonds. The van der Waals surface area contributed by atoms with Crippen molar-refractivity contribution in [3.8, 4) is 0 Å². The molecular formula is C9H18O7S2-2. The average Bonchev–Trinajstić information content (AvgIpc) is 2.19. The van der Waals surface area contributed by atoms with E-state index in [0.29, 0.717) is 12.8 Å². The van der Waals surface area contributed by atoms with E-state index in [1.807, 2.05) is 6.92 Å². The summed E-state index contributed by atoms with van der Waals surface area (Å²) in [4.78, 5) is 0. The van der Waals surface area contributed by atoms with Gasteiger partial charge in [0.25, 0.3) is 0 Å².